The number of aliphatic hydroxyl groups excluding tert-OH is 1. The number of nitrogens with one attached hydrogen (secondary N) is 2. The molecule has 0 bridgehead atoms. The summed E-state index contributed by atoms with van der Waals surface area (Å²) >= 11 is 1.52. The fourth-order valence-corrected chi connectivity index (χ4v) is 2.83. The molecule has 23 heavy (non-hydrogen) atoms. The third kappa shape index (κ3) is 5.26. The van der Waals surface area contributed by atoms with Crippen molar-refractivity contribution in [3.8, 4) is 5.75 Å². The number of benzene rings is 1. The van der Waals surface area contributed by atoms with Crippen LogP contribution in [0, 0.1) is 0 Å². The van der Waals surface area contributed by atoms with Crippen LogP contribution in [0.1, 0.15) is 37.1 Å². The van der Waals surface area contributed by atoms with Crippen molar-refractivity contribution in [2.45, 2.75) is 26.0 Å². The topological polar surface area (TPSA) is 70.6 Å². The molecule has 5 nitrogen and oxygen atoms in total. The second-order valence-electron chi connectivity index (χ2n) is 5.15. The lowest BCUT2D eigenvalue weighted by Crippen LogP contribution is -2.39. The van der Waals surface area contributed by atoms with Gasteiger partial charge < -0.3 is 20.5 Å². The maximum Gasteiger partial charge on any atom is 0.315 e. The van der Waals surface area contributed by atoms with Crippen LogP contribution in [-0.4, -0.2) is 24.3 Å². The molecule has 1 aromatic heterocycles. The minimum Gasteiger partial charge on any atom is -0.494 e. The van der Waals surface area contributed by atoms with E-state index in [9.17, 15) is 9.90 Å². The fraction of sp³-hybridized carbons (Fsp3) is 0.353. The molecule has 0 spiro atoms. The lowest BCUT2D eigenvalue weighted by atomic mass is 10.1. The highest BCUT2D eigenvalue weighted by atomic mass is 32.1. The smallest absolute Gasteiger partial charge is 0.315 e. The van der Waals surface area contributed by atoms with Gasteiger partial charge in [-0.15, -0.1) is 0 Å². The number of rotatable bonds is 7. The highest BCUT2D eigenvalue weighted by molar-refractivity contribution is 7.07. The molecule has 2 rings (SSSR count). The average Bonchev–Trinajstić information content (AvgIpc) is 3.08. The number of hydrogen-bond donors (Lipinski definition) is 3. The van der Waals surface area contributed by atoms with Gasteiger partial charge in [0.05, 0.1) is 18.8 Å². The summed E-state index contributed by atoms with van der Waals surface area (Å²) < 4.78 is 5.40. The zero-order valence-electron chi connectivity index (χ0n) is 13.3. The molecule has 0 fully saturated rings. The summed E-state index contributed by atoms with van der Waals surface area (Å²) in [5.41, 5.74) is 1.80. The van der Waals surface area contributed by atoms with E-state index < -0.39 is 6.10 Å². The van der Waals surface area contributed by atoms with Gasteiger partial charge >= 0.3 is 6.03 Å². The van der Waals surface area contributed by atoms with Gasteiger partial charge in [-0.2, -0.15) is 11.3 Å². The molecule has 0 saturated carbocycles. The average molecular weight is 334 g/mol. The van der Waals surface area contributed by atoms with Crippen LogP contribution in [-0.2, 0) is 0 Å². The first-order valence-corrected chi connectivity index (χ1v) is 8.51. The predicted octanol–water partition coefficient (Wildman–Crippen LogP) is 3.24. The maximum absolute atomic E-state index is 11.9. The lowest BCUT2D eigenvalue weighted by molar-refractivity contribution is 0.173. The van der Waals surface area contributed by atoms with Crippen molar-refractivity contribution in [1.82, 2.24) is 10.6 Å². The first-order valence-electron chi connectivity index (χ1n) is 7.57. The van der Waals surface area contributed by atoms with Gasteiger partial charge in [0.2, 0.25) is 0 Å². The third-order valence-corrected chi connectivity index (χ3v) is 4.12. The molecule has 0 aliphatic rings. The van der Waals surface area contributed by atoms with Crippen LogP contribution in [0.2, 0.25) is 0 Å². The summed E-state index contributed by atoms with van der Waals surface area (Å²) in [5, 5.41) is 19.2. The van der Waals surface area contributed by atoms with Gasteiger partial charge in [-0.3, -0.25) is 0 Å². The molecule has 0 radical (unpaired) electrons. The highest BCUT2D eigenvalue weighted by Gasteiger charge is 2.12. The van der Waals surface area contributed by atoms with Crippen LogP contribution in [0.15, 0.2) is 41.1 Å². The van der Waals surface area contributed by atoms with Gasteiger partial charge in [-0.25, -0.2) is 4.79 Å². The van der Waals surface area contributed by atoms with Gasteiger partial charge in [0.25, 0.3) is 0 Å². The predicted molar refractivity (Wildman–Crippen MR) is 91.8 cm³/mol. The normalized spacial score (nSPS) is 13.2. The minimum absolute atomic E-state index is 0.135. The molecule has 0 saturated heterocycles. The molecule has 124 valence electrons. The first-order chi connectivity index (χ1) is 11.1. The van der Waals surface area contributed by atoms with E-state index in [1.165, 1.54) is 11.3 Å². The molecule has 2 aromatic rings. The molecule has 0 unspecified atom stereocenters. The molecule has 6 heteroatoms. The van der Waals surface area contributed by atoms with Crippen LogP contribution in [0.5, 0.6) is 5.75 Å². The summed E-state index contributed by atoms with van der Waals surface area (Å²) in [7, 11) is 0. The Labute approximate surface area is 140 Å². The SMILES string of the molecule is CCOc1ccc([C@H](C)NC(=O)NC[C@H](O)c2ccsc2)cc1. The Morgan fingerprint density at radius 1 is 1.26 bits per heavy atom. The first kappa shape index (κ1) is 17.3. The fourth-order valence-electron chi connectivity index (χ4n) is 2.12. The molecule has 2 atom stereocenters. The van der Waals surface area contributed by atoms with Crippen LogP contribution >= 0.6 is 11.3 Å². The Hall–Kier alpha value is -2.05. The Balaban J connectivity index is 1.79. The van der Waals surface area contributed by atoms with Crippen molar-refractivity contribution < 1.29 is 14.6 Å². The van der Waals surface area contributed by atoms with Crippen molar-refractivity contribution in [3.05, 3.63) is 52.2 Å². The number of carbonyl (C=O) groups excluding carboxylic acids is 1. The summed E-state index contributed by atoms with van der Waals surface area (Å²) in [6.07, 6.45) is -0.687. The molecule has 2 amide bonds. The lowest BCUT2D eigenvalue weighted by Gasteiger charge is -2.17. The number of aliphatic hydroxyl groups is 1. The van der Waals surface area contributed by atoms with Crippen molar-refractivity contribution >= 4 is 17.4 Å². The number of ether oxygens (including phenoxy) is 1. The summed E-state index contributed by atoms with van der Waals surface area (Å²) in [5.74, 6) is 0.812. The summed E-state index contributed by atoms with van der Waals surface area (Å²) in [6.45, 7) is 4.65. The highest BCUT2D eigenvalue weighted by Crippen LogP contribution is 2.18. The molecule has 1 heterocycles. The Morgan fingerprint density at radius 2 is 2.00 bits per heavy atom. The van der Waals surface area contributed by atoms with Crippen LogP contribution in [0.4, 0.5) is 4.79 Å². The Kier molecular flexibility index (Phi) is 6.43. The van der Waals surface area contributed by atoms with Gasteiger partial charge in [-0.1, -0.05) is 12.1 Å². The van der Waals surface area contributed by atoms with Crippen molar-refractivity contribution in [1.29, 1.82) is 0 Å². The third-order valence-electron chi connectivity index (χ3n) is 3.42. The van der Waals surface area contributed by atoms with E-state index in [4.69, 9.17) is 4.74 Å². The molecular formula is C17H22N2O3S. The van der Waals surface area contributed by atoms with Gasteiger partial charge in [0.1, 0.15) is 5.75 Å². The molecular weight excluding hydrogens is 312 g/mol. The van der Waals surface area contributed by atoms with Gasteiger partial charge in [0.15, 0.2) is 0 Å². The van der Waals surface area contributed by atoms with Gasteiger partial charge in [-0.05, 0) is 53.9 Å². The number of carbonyl (C=O) groups is 1. The molecule has 0 aliphatic heterocycles. The van der Waals surface area contributed by atoms with E-state index in [1.54, 1.807) is 0 Å². The minimum atomic E-state index is -0.687. The summed E-state index contributed by atoms with van der Waals surface area (Å²) in [6, 6.07) is 9.03. The maximum atomic E-state index is 11.9. The number of amides is 2. The van der Waals surface area contributed by atoms with E-state index in [-0.39, 0.29) is 18.6 Å². The number of urea groups is 1. The van der Waals surface area contributed by atoms with E-state index >= 15 is 0 Å². The van der Waals surface area contributed by atoms with E-state index in [1.807, 2.05) is 54.9 Å². The van der Waals surface area contributed by atoms with Crippen molar-refractivity contribution in [2.24, 2.45) is 0 Å². The number of thiophene rings is 1. The monoisotopic (exact) mass is 334 g/mol. The molecule has 1 aromatic carbocycles. The van der Waals surface area contributed by atoms with Gasteiger partial charge in [0, 0.05) is 6.54 Å². The van der Waals surface area contributed by atoms with E-state index in [2.05, 4.69) is 10.6 Å². The van der Waals surface area contributed by atoms with Crippen LogP contribution in [0.25, 0.3) is 0 Å². The Morgan fingerprint density at radius 3 is 2.61 bits per heavy atom. The largest absolute Gasteiger partial charge is 0.494 e. The van der Waals surface area contributed by atoms with Crippen molar-refractivity contribution in [2.75, 3.05) is 13.2 Å². The van der Waals surface area contributed by atoms with Crippen molar-refractivity contribution in [3.63, 3.8) is 0 Å². The molecule has 3 N–H and O–H groups in total. The van der Waals surface area contributed by atoms with E-state index in [0.29, 0.717) is 6.61 Å². The molecule has 0 aliphatic carbocycles. The van der Waals surface area contributed by atoms with E-state index in [0.717, 1.165) is 16.9 Å². The zero-order chi connectivity index (χ0) is 16.7. The second kappa shape index (κ2) is 8.55. The Bertz CT molecular complexity index is 599. The summed E-state index contributed by atoms with van der Waals surface area (Å²) in [4.78, 5) is 11.9. The second-order valence-corrected chi connectivity index (χ2v) is 5.93. The zero-order valence-corrected chi connectivity index (χ0v) is 14.1. The van der Waals surface area contributed by atoms with Crippen LogP contribution in [0.3, 0.4) is 0 Å². The van der Waals surface area contributed by atoms with Crippen LogP contribution < -0.4 is 15.4 Å². The standard InChI is InChI=1S/C17H22N2O3S/c1-3-22-15-6-4-13(5-7-15)12(2)19-17(21)18-10-16(20)14-8-9-23-11-14/h4-9,11-12,16,20H,3,10H2,1-2H3,(H2,18,19,21)/t12-,16-/m0/s1. The quantitative estimate of drug-likeness (QED) is 0.728. The number of hydrogen-bond acceptors (Lipinski definition) is 4.